The maximum atomic E-state index is 9.22. The van der Waals surface area contributed by atoms with E-state index in [9.17, 15) is 5.11 Å². The highest BCUT2D eigenvalue weighted by Crippen LogP contribution is 2.32. The van der Waals surface area contributed by atoms with Crippen LogP contribution in [0.3, 0.4) is 0 Å². The first-order valence-corrected chi connectivity index (χ1v) is 6.54. The minimum absolute atomic E-state index is 0.0828. The molecule has 0 aliphatic heterocycles. The molecule has 0 atom stereocenters. The molecule has 4 rings (SSSR count). The summed E-state index contributed by atoms with van der Waals surface area (Å²) in [7, 11) is 0. The van der Waals surface area contributed by atoms with E-state index in [1.807, 2.05) is 36.5 Å². The van der Waals surface area contributed by atoms with Crippen LogP contribution in [0.5, 0.6) is 11.6 Å². The smallest absolute Gasteiger partial charge is 0.233 e. The fourth-order valence-electron chi connectivity index (χ4n) is 2.13. The topological polar surface area (TPSA) is 69.1 Å². The molecule has 104 valence electrons. The summed E-state index contributed by atoms with van der Waals surface area (Å²) in [5, 5.41) is 20.1. The third-order valence-corrected chi connectivity index (χ3v) is 3.17. The Morgan fingerprint density at radius 1 is 0.810 bits per heavy atom. The lowest BCUT2D eigenvalue weighted by Gasteiger charge is -1.91. The summed E-state index contributed by atoms with van der Waals surface area (Å²) in [5.74, 6) is -0.258. The Morgan fingerprint density at radius 2 is 1.52 bits per heavy atom. The number of benzene rings is 2. The molecule has 0 fully saturated rings. The number of para-hydroxylation sites is 2. The highest BCUT2D eigenvalue weighted by molar-refractivity contribution is 5.88. The molecule has 0 saturated heterocycles. The van der Waals surface area contributed by atoms with Gasteiger partial charge in [-0.15, -0.1) is 0 Å². The number of hydrogen-bond donors (Lipinski definition) is 3. The normalized spacial score (nSPS) is 10.3. The number of nitrogens with zero attached hydrogens (tertiary/aromatic N) is 1. The van der Waals surface area contributed by atoms with Crippen molar-refractivity contribution in [2.24, 2.45) is 0 Å². The van der Waals surface area contributed by atoms with Crippen LogP contribution >= 0.6 is 0 Å². The molecular formula is C17H14N2O2. The summed E-state index contributed by atoms with van der Waals surface area (Å²) < 4.78 is 0. The number of nitrogens with one attached hydrogen (secondary N) is 1. The maximum absolute atomic E-state index is 9.22. The van der Waals surface area contributed by atoms with Crippen LogP contribution in [0.4, 0.5) is 0 Å². The van der Waals surface area contributed by atoms with Gasteiger partial charge in [-0.05, 0) is 24.3 Å². The second-order valence-electron chi connectivity index (χ2n) is 4.56. The van der Waals surface area contributed by atoms with Crippen molar-refractivity contribution in [1.29, 1.82) is 0 Å². The van der Waals surface area contributed by atoms with Gasteiger partial charge in [-0.3, -0.25) is 4.98 Å². The highest BCUT2D eigenvalue weighted by Gasteiger charge is 2.06. The fraction of sp³-hybridized carbons (Fsp3) is 0. The Morgan fingerprint density at radius 3 is 2.33 bits per heavy atom. The number of fused-ring (bicyclic) bond motifs is 2. The van der Waals surface area contributed by atoms with Crippen LogP contribution in [-0.2, 0) is 0 Å². The number of rotatable bonds is 0. The molecule has 0 amide bonds. The van der Waals surface area contributed by atoms with Crippen molar-refractivity contribution in [2.45, 2.75) is 0 Å². The third kappa shape index (κ3) is 2.65. The predicted molar refractivity (Wildman–Crippen MR) is 83.4 cm³/mol. The highest BCUT2D eigenvalue weighted by atomic mass is 16.3. The van der Waals surface area contributed by atoms with Gasteiger partial charge in [-0.25, -0.2) is 0 Å². The first kappa shape index (κ1) is 13.0. The van der Waals surface area contributed by atoms with Gasteiger partial charge in [0.2, 0.25) is 5.88 Å². The molecule has 2 aromatic carbocycles. The summed E-state index contributed by atoms with van der Waals surface area (Å²) in [6, 6.07) is 19.2. The van der Waals surface area contributed by atoms with Gasteiger partial charge in [-0.1, -0.05) is 36.4 Å². The summed E-state index contributed by atoms with van der Waals surface area (Å²) in [4.78, 5) is 6.81. The second kappa shape index (κ2) is 5.54. The fourth-order valence-corrected chi connectivity index (χ4v) is 2.13. The van der Waals surface area contributed by atoms with Gasteiger partial charge in [0.05, 0.1) is 11.0 Å². The second-order valence-corrected chi connectivity index (χ2v) is 4.56. The largest absolute Gasteiger partial charge is 0.503 e. The standard InChI is InChI=1S/C9H7N.C8H7NO2/c1-2-6-9-8(4-1)5-3-7-10-9;10-7-5-3-1-2-4-6(5)9-8(7)11/h1-7H;1-4,9-11H. The Kier molecular flexibility index (Phi) is 3.43. The molecule has 4 heteroatoms. The van der Waals surface area contributed by atoms with Crippen molar-refractivity contribution in [3.63, 3.8) is 0 Å². The number of aromatic amines is 1. The van der Waals surface area contributed by atoms with Crippen LogP contribution in [0.1, 0.15) is 0 Å². The SMILES string of the molecule is Oc1[nH]c2ccccc2c1O.c1ccc2ncccc2c1. The molecule has 0 spiro atoms. The third-order valence-electron chi connectivity index (χ3n) is 3.17. The first-order chi connectivity index (χ1) is 10.3. The van der Waals surface area contributed by atoms with E-state index in [4.69, 9.17) is 5.11 Å². The van der Waals surface area contributed by atoms with Crippen LogP contribution in [-0.4, -0.2) is 20.2 Å². The molecule has 4 aromatic rings. The van der Waals surface area contributed by atoms with E-state index in [-0.39, 0.29) is 11.6 Å². The molecule has 2 aromatic heterocycles. The van der Waals surface area contributed by atoms with Crippen LogP contribution < -0.4 is 0 Å². The van der Waals surface area contributed by atoms with E-state index >= 15 is 0 Å². The average molecular weight is 278 g/mol. The summed E-state index contributed by atoms with van der Waals surface area (Å²) in [6.07, 6.45) is 1.81. The van der Waals surface area contributed by atoms with Crippen molar-refractivity contribution < 1.29 is 10.2 Å². The Hall–Kier alpha value is -3.01. The quantitative estimate of drug-likeness (QED) is 0.458. The van der Waals surface area contributed by atoms with Crippen LogP contribution in [0.2, 0.25) is 0 Å². The molecule has 0 radical (unpaired) electrons. The van der Waals surface area contributed by atoms with Crippen molar-refractivity contribution in [1.82, 2.24) is 9.97 Å². The number of H-pyrrole nitrogens is 1. The van der Waals surface area contributed by atoms with Gasteiger partial charge < -0.3 is 15.2 Å². The number of pyridine rings is 1. The number of aromatic nitrogens is 2. The molecule has 0 aliphatic rings. The lowest BCUT2D eigenvalue weighted by molar-refractivity contribution is 0.398. The van der Waals surface area contributed by atoms with Gasteiger partial charge >= 0.3 is 0 Å². The summed E-state index contributed by atoms with van der Waals surface area (Å²) >= 11 is 0. The lowest BCUT2D eigenvalue weighted by atomic mass is 10.2. The van der Waals surface area contributed by atoms with Gasteiger partial charge in [0.1, 0.15) is 0 Å². The zero-order chi connectivity index (χ0) is 14.7. The Labute approximate surface area is 121 Å². The molecular weight excluding hydrogens is 264 g/mol. The molecule has 4 nitrogen and oxygen atoms in total. The number of aromatic hydroxyl groups is 2. The van der Waals surface area contributed by atoms with Crippen molar-refractivity contribution in [2.75, 3.05) is 0 Å². The minimum Gasteiger partial charge on any atom is -0.503 e. The van der Waals surface area contributed by atoms with E-state index in [1.165, 1.54) is 5.39 Å². The minimum atomic E-state index is -0.175. The average Bonchev–Trinajstić information content (AvgIpc) is 2.83. The molecule has 0 aliphatic carbocycles. The lowest BCUT2D eigenvalue weighted by Crippen LogP contribution is -1.73. The zero-order valence-corrected chi connectivity index (χ0v) is 11.2. The summed E-state index contributed by atoms with van der Waals surface area (Å²) in [5.41, 5.74) is 1.80. The maximum Gasteiger partial charge on any atom is 0.233 e. The van der Waals surface area contributed by atoms with Gasteiger partial charge in [0.15, 0.2) is 5.75 Å². The van der Waals surface area contributed by atoms with Gasteiger partial charge in [-0.2, -0.15) is 0 Å². The zero-order valence-electron chi connectivity index (χ0n) is 11.2. The van der Waals surface area contributed by atoms with E-state index < -0.39 is 0 Å². The van der Waals surface area contributed by atoms with E-state index in [1.54, 1.807) is 18.2 Å². The first-order valence-electron chi connectivity index (χ1n) is 6.54. The summed E-state index contributed by atoms with van der Waals surface area (Å²) in [6.45, 7) is 0. The molecule has 21 heavy (non-hydrogen) atoms. The van der Waals surface area contributed by atoms with E-state index in [2.05, 4.69) is 22.1 Å². The van der Waals surface area contributed by atoms with E-state index in [0.717, 1.165) is 11.0 Å². The van der Waals surface area contributed by atoms with Gasteiger partial charge in [0.25, 0.3) is 0 Å². The number of hydrogen-bond acceptors (Lipinski definition) is 3. The van der Waals surface area contributed by atoms with Crippen molar-refractivity contribution in [3.8, 4) is 11.6 Å². The predicted octanol–water partition coefficient (Wildman–Crippen LogP) is 3.81. The Bertz CT molecular complexity index is 819. The van der Waals surface area contributed by atoms with Gasteiger partial charge in [0, 0.05) is 17.0 Å². The van der Waals surface area contributed by atoms with E-state index in [0.29, 0.717) is 5.39 Å². The monoisotopic (exact) mass is 278 g/mol. The van der Waals surface area contributed by atoms with Crippen molar-refractivity contribution >= 4 is 21.8 Å². The molecule has 0 saturated carbocycles. The Balaban J connectivity index is 0.000000126. The van der Waals surface area contributed by atoms with Crippen LogP contribution in [0.25, 0.3) is 21.8 Å². The van der Waals surface area contributed by atoms with Crippen LogP contribution in [0, 0.1) is 0 Å². The molecule has 3 N–H and O–H groups in total. The molecule has 2 heterocycles. The molecule has 0 unspecified atom stereocenters. The van der Waals surface area contributed by atoms with Crippen LogP contribution in [0.15, 0.2) is 66.9 Å². The van der Waals surface area contributed by atoms with Crippen molar-refractivity contribution in [3.05, 3.63) is 66.9 Å². The molecule has 0 bridgehead atoms.